The lowest BCUT2D eigenvalue weighted by Crippen LogP contribution is -2.25. The highest BCUT2D eigenvalue weighted by atomic mass is 35.5. The van der Waals surface area contributed by atoms with Crippen LogP contribution < -0.4 is 5.32 Å². The van der Waals surface area contributed by atoms with Gasteiger partial charge in [-0.3, -0.25) is 4.79 Å². The van der Waals surface area contributed by atoms with Gasteiger partial charge in [0.15, 0.2) is 5.16 Å². The average Bonchev–Trinajstić information content (AvgIpc) is 3.21. The van der Waals surface area contributed by atoms with Gasteiger partial charge in [-0.2, -0.15) is 0 Å². The van der Waals surface area contributed by atoms with Crippen molar-refractivity contribution in [3.63, 3.8) is 0 Å². The van der Waals surface area contributed by atoms with Crippen molar-refractivity contribution >= 4 is 29.3 Å². The van der Waals surface area contributed by atoms with Gasteiger partial charge in [-0.25, -0.2) is 4.98 Å². The van der Waals surface area contributed by atoms with Gasteiger partial charge in [0.25, 0.3) is 5.91 Å². The van der Waals surface area contributed by atoms with E-state index in [0.717, 1.165) is 46.4 Å². The predicted octanol–water partition coefficient (Wildman–Crippen LogP) is 6.80. The highest BCUT2D eigenvalue weighted by Crippen LogP contribution is 2.36. The molecular weight excluding hydrogens is 450 g/mol. The summed E-state index contributed by atoms with van der Waals surface area (Å²) in [7, 11) is 0. The summed E-state index contributed by atoms with van der Waals surface area (Å²) in [6.45, 7) is 3.60. The zero-order valence-corrected chi connectivity index (χ0v) is 20.1. The van der Waals surface area contributed by atoms with E-state index in [1.54, 1.807) is 36.0 Å². The fourth-order valence-electron chi connectivity index (χ4n) is 3.67. The first-order valence-corrected chi connectivity index (χ1v) is 12.4. The number of imidazole rings is 1. The molecule has 4 nitrogen and oxygen atoms in total. The molecule has 0 aliphatic heterocycles. The Bertz CT molecular complexity index is 1190. The van der Waals surface area contributed by atoms with Crippen LogP contribution >= 0.6 is 23.4 Å². The van der Waals surface area contributed by atoms with Crippen molar-refractivity contribution in [2.45, 2.75) is 25.0 Å². The molecular formula is C27H26ClN3OS. The van der Waals surface area contributed by atoms with Crippen LogP contribution in [0, 0.1) is 0 Å². The van der Waals surface area contributed by atoms with Crippen molar-refractivity contribution in [2.24, 2.45) is 0 Å². The fourth-order valence-corrected chi connectivity index (χ4v) is 4.68. The van der Waals surface area contributed by atoms with E-state index in [-0.39, 0.29) is 5.91 Å². The number of hydrogen-bond donors (Lipinski definition) is 1. The number of aromatic nitrogens is 2. The third-order valence-electron chi connectivity index (χ3n) is 5.20. The Morgan fingerprint density at radius 3 is 2.21 bits per heavy atom. The number of carbonyl (C=O) groups is 1. The predicted molar refractivity (Wildman–Crippen MR) is 138 cm³/mol. The Morgan fingerprint density at radius 1 is 0.939 bits per heavy atom. The van der Waals surface area contributed by atoms with Crippen LogP contribution in [-0.2, 0) is 6.54 Å². The highest BCUT2D eigenvalue weighted by Gasteiger charge is 2.20. The van der Waals surface area contributed by atoms with E-state index in [1.165, 1.54) is 0 Å². The molecule has 0 aliphatic rings. The summed E-state index contributed by atoms with van der Waals surface area (Å²) in [5, 5.41) is 4.57. The number of amides is 1. The van der Waals surface area contributed by atoms with E-state index < -0.39 is 0 Å². The molecule has 0 fully saturated rings. The Hall–Kier alpha value is -3.02. The first kappa shape index (κ1) is 23.1. The molecule has 3 aromatic carbocycles. The van der Waals surface area contributed by atoms with Crippen LogP contribution in [0.2, 0.25) is 5.02 Å². The maximum Gasteiger partial charge on any atom is 0.251 e. The SMILES string of the molecule is CCCn1c(SCCNC(=O)c2ccc(Cl)cc2)nc(-c2ccccc2)c1-c1ccccc1. The number of halogens is 1. The third-order valence-corrected chi connectivity index (χ3v) is 6.43. The van der Waals surface area contributed by atoms with Crippen molar-refractivity contribution in [1.29, 1.82) is 0 Å². The number of rotatable bonds is 9. The lowest BCUT2D eigenvalue weighted by Gasteiger charge is -2.12. The molecule has 168 valence electrons. The van der Waals surface area contributed by atoms with Crippen LogP contribution in [-0.4, -0.2) is 27.8 Å². The van der Waals surface area contributed by atoms with E-state index in [1.807, 2.05) is 24.3 Å². The number of carbonyl (C=O) groups excluding carboxylic acids is 1. The summed E-state index contributed by atoms with van der Waals surface area (Å²) >= 11 is 7.58. The third kappa shape index (κ3) is 5.67. The fraction of sp³-hybridized carbons (Fsp3) is 0.185. The molecule has 0 atom stereocenters. The molecule has 33 heavy (non-hydrogen) atoms. The van der Waals surface area contributed by atoms with E-state index >= 15 is 0 Å². The van der Waals surface area contributed by atoms with Crippen molar-refractivity contribution in [3.05, 3.63) is 95.5 Å². The van der Waals surface area contributed by atoms with Gasteiger partial charge in [0.1, 0.15) is 0 Å². The molecule has 0 saturated carbocycles. The molecule has 1 amide bonds. The summed E-state index contributed by atoms with van der Waals surface area (Å²) < 4.78 is 2.31. The van der Waals surface area contributed by atoms with Crippen LogP contribution in [0.5, 0.6) is 0 Å². The Balaban J connectivity index is 1.55. The first-order valence-electron chi connectivity index (χ1n) is 11.0. The lowest BCUT2D eigenvalue weighted by atomic mass is 10.0. The zero-order chi connectivity index (χ0) is 23.0. The number of thioether (sulfide) groups is 1. The Morgan fingerprint density at radius 2 is 1.58 bits per heavy atom. The first-order chi connectivity index (χ1) is 16.2. The molecule has 0 radical (unpaired) electrons. The zero-order valence-electron chi connectivity index (χ0n) is 18.5. The average molecular weight is 476 g/mol. The second-order valence-electron chi connectivity index (χ2n) is 7.59. The quantitative estimate of drug-likeness (QED) is 0.214. The van der Waals surface area contributed by atoms with Crippen LogP contribution in [0.1, 0.15) is 23.7 Å². The van der Waals surface area contributed by atoms with Gasteiger partial charge in [-0.15, -0.1) is 0 Å². The van der Waals surface area contributed by atoms with Crippen molar-refractivity contribution in [1.82, 2.24) is 14.9 Å². The van der Waals surface area contributed by atoms with Crippen LogP contribution in [0.25, 0.3) is 22.5 Å². The highest BCUT2D eigenvalue weighted by molar-refractivity contribution is 7.99. The topological polar surface area (TPSA) is 46.9 Å². The molecule has 0 bridgehead atoms. The molecule has 1 N–H and O–H groups in total. The van der Waals surface area contributed by atoms with Gasteiger partial charge in [-0.1, -0.05) is 91.0 Å². The molecule has 1 aromatic heterocycles. The molecule has 0 unspecified atom stereocenters. The van der Waals surface area contributed by atoms with Gasteiger partial charge in [-0.05, 0) is 30.7 Å². The van der Waals surface area contributed by atoms with E-state index in [4.69, 9.17) is 16.6 Å². The smallest absolute Gasteiger partial charge is 0.251 e. The van der Waals surface area contributed by atoms with Gasteiger partial charge in [0.2, 0.25) is 0 Å². The van der Waals surface area contributed by atoms with Gasteiger partial charge < -0.3 is 9.88 Å². The number of nitrogens with zero attached hydrogens (tertiary/aromatic N) is 2. The van der Waals surface area contributed by atoms with Crippen molar-refractivity contribution in [3.8, 4) is 22.5 Å². The Kier molecular flexibility index (Phi) is 7.87. The molecule has 4 aromatic rings. The van der Waals surface area contributed by atoms with Crippen LogP contribution in [0.15, 0.2) is 90.1 Å². The Labute approximate surface area is 204 Å². The summed E-state index contributed by atoms with van der Waals surface area (Å²) in [5.41, 5.74) is 4.98. The molecule has 0 spiro atoms. The van der Waals surface area contributed by atoms with Crippen LogP contribution in [0.3, 0.4) is 0 Å². The normalized spacial score (nSPS) is 10.8. The molecule has 0 saturated heterocycles. The molecule has 1 heterocycles. The number of nitrogens with one attached hydrogen (secondary N) is 1. The van der Waals surface area contributed by atoms with E-state index in [2.05, 4.69) is 53.2 Å². The second-order valence-corrected chi connectivity index (χ2v) is 9.09. The minimum absolute atomic E-state index is 0.0980. The largest absolute Gasteiger partial charge is 0.351 e. The minimum Gasteiger partial charge on any atom is -0.351 e. The molecule has 6 heteroatoms. The maximum absolute atomic E-state index is 12.4. The van der Waals surface area contributed by atoms with Gasteiger partial charge in [0, 0.05) is 40.6 Å². The van der Waals surface area contributed by atoms with E-state index in [0.29, 0.717) is 17.1 Å². The summed E-state index contributed by atoms with van der Waals surface area (Å²) in [4.78, 5) is 17.4. The van der Waals surface area contributed by atoms with Gasteiger partial charge >= 0.3 is 0 Å². The number of hydrogen-bond acceptors (Lipinski definition) is 3. The standard InChI is InChI=1S/C27H26ClN3OS/c1-2-18-31-25(21-11-7-4-8-12-21)24(20-9-5-3-6-10-20)30-27(31)33-19-17-29-26(32)22-13-15-23(28)16-14-22/h3-16H,2,17-19H2,1H3,(H,29,32). The monoisotopic (exact) mass is 475 g/mol. The van der Waals surface area contributed by atoms with Crippen LogP contribution in [0.4, 0.5) is 0 Å². The number of benzene rings is 3. The summed E-state index contributed by atoms with van der Waals surface area (Å²) in [5.74, 6) is 0.627. The maximum atomic E-state index is 12.4. The molecule has 4 rings (SSSR count). The summed E-state index contributed by atoms with van der Waals surface area (Å²) in [6.07, 6.45) is 1.01. The second kappa shape index (κ2) is 11.2. The molecule has 0 aliphatic carbocycles. The van der Waals surface area contributed by atoms with Crippen molar-refractivity contribution in [2.75, 3.05) is 12.3 Å². The van der Waals surface area contributed by atoms with Gasteiger partial charge in [0.05, 0.1) is 11.4 Å². The lowest BCUT2D eigenvalue weighted by molar-refractivity contribution is 0.0956. The van der Waals surface area contributed by atoms with Crippen molar-refractivity contribution < 1.29 is 4.79 Å². The minimum atomic E-state index is -0.0980. The summed E-state index contributed by atoms with van der Waals surface area (Å²) in [6, 6.07) is 27.7. The van der Waals surface area contributed by atoms with E-state index in [9.17, 15) is 4.79 Å².